The Hall–Kier alpha value is -1.79. The molecule has 0 bridgehead atoms. The zero-order valence-electron chi connectivity index (χ0n) is 10.6. The van der Waals surface area contributed by atoms with E-state index in [0.29, 0.717) is 0 Å². The lowest BCUT2D eigenvalue weighted by Gasteiger charge is -2.25. The van der Waals surface area contributed by atoms with E-state index in [4.69, 9.17) is 0 Å². The fourth-order valence-electron chi connectivity index (χ4n) is 1.60. The van der Waals surface area contributed by atoms with Crippen LogP contribution in [0.3, 0.4) is 0 Å². The summed E-state index contributed by atoms with van der Waals surface area (Å²) in [6, 6.07) is 2.32. The summed E-state index contributed by atoms with van der Waals surface area (Å²) in [5.41, 5.74) is -0.382. The number of nitrogens with zero attached hydrogens (tertiary/aromatic N) is 1. The van der Waals surface area contributed by atoms with Crippen LogP contribution in [0.4, 0.5) is 13.2 Å². The first-order valence-corrected chi connectivity index (χ1v) is 5.74. The van der Waals surface area contributed by atoms with Gasteiger partial charge in [-0.25, -0.2) is 0 Å². The van der Waals surface area contributed by atoms with Crippen molar-refractivity contribution >= 4 is 5.91 Å². The maximum Gasteiger partial charge on any atom is 0.406 e. The largest absolute Gasteiger partial charge is 0.406 e. The molecule has 0 radical (unpaired) electrons. The monoisotopic (exact) mass is 276 g/mol. The fourth-order valence-corrected chi connectivity index (χ4v) is 1.60. The Kier molecular flexibility index (Phi) is 4.74. The molecule has 0 saturated heterocycles. The molecule has 0 fully saturated rings. The molecular weight excluding hydrogens is 261 g/mol. The van der Waals surface area contributed by atoms with Crippen LogP contribution in [0.5, 0.6) is 0 Å². The SMILES string of the molecule is CC(C)CN(CC(F)(F)F)C(=O)c1ccc(=O)[nH]c1. The predicted molar refractivity (Wildman–Crippen MR) is 63.9 cm³/mol. The van der Waals surface area contributed by atoms with E-state index in [-0.39, 0.29) is 18.0 Å². The van der Waals surface area contributed by atoms with Crippen molar-refractivity contribution in [2.45, 2.75) is 20.0 Å². The third-order valence-corrected chi connectivity index (χ3v) is 2.27. The summed E-state index contributed by atoms with van der Waals surface area (Å²) in [5.74, 6) is -0.837. The van der Waals surface area contributed by atoms with Gasteiger partial charge in [0.1, 0.15) is 6.54 Å². The molecule has 1 aromatic rings. The molecule has 0 unspecified atom stereocenters. The Balaban J connectivity index is 2.93. The van der Waals surface area contributed by atoms with Gasteiger partial charge in [0, 0.05) is 18.8 Å². The van der Waals surface area contributed by atoms with Gasteiger partial charge in [0.05, 0.1) is 5.56 Å². The molecule has 1 N–H and O–H groups in total. The number of H-pyrrole nitrogens is 1. The smallest absolute Gasteiger partial charge is 0.329 e. The van der Waals surface area contributed by atoms with Crippen molar-refractivity contribution in [2.24, 2.45) is 5.92 Å². The van der Waals surface area contributed by atoms with E-state index in [1.165, 1.54) is 6.07 Å². The summed E-state index contributed by atoms with van der Waals surface area (Å²) >= 11 is 0. The van der Waals surface area contributed by atoms with Gasteiger partial charge in [0.15, 0.2) is 0 Å². The quantitative estimate of drug-likeness (QED) is 0.915. The van der Waals surface area contributed by atoms with Crippen LogP contribution in [0.2, 0.25) is 0 Å². The molecule has 0 atom stereocenters. The molecule has 4 nitrogen and oxygen atoms in total. The molecule has 0 saturated carbocycles. The van der Waals surface area contributed by atoms with E-state index in [0.717, 1.165) is 17.2 Å². The zero-order chi connectivity index (χ0) is 14.6. The second kappa shape index (κ2) is 5.90. The molecule has 0 aromatic carbocycles. The normalized spacial score (nSPS) is 11.7. The summed E-state index contributed by atoms with van der Waals surface area (Å²) in [6.45, 7) is 2.15. The van der Waals surface area contributed by atoms with Crippen molar-refractivity contribution in [1.29, 1.82) is 0 Å². The molecule has 19 heavy (non-hydrogen) atoms. The Bertz CT molecular complexity index is 474. The summed E-state index contributed by atoms with van der Waals surface area (Å²) < 4.78 is 37.3. The molecule has 1 heterocycles. The molecule has 106 valence electrons. The Morgan fingerprint density at radius 3 is 2.42 bits per heavy atom. The maximum atomic E-state index is 12.4. The third kappa shape index (κ3) is 5.15. The van der Waals surface area contributed by atoms with Crippen LogP contribution in [-0.2, 0) is 0 Å². The summed E-state index contributed by atoms with van der Waals surface area (Å²) in [7, 11) is 0. The number of carbonyl (C=O) groups excluding carboxylic acids is 1. The van der Waals surface area contributed by atoms with E-state index >= 15 is 0 Å². The Morgan fingerprint density at radius 1 is 1.37 bits per heavy atom. The number of pyridine rings is 1. The van der Waals surface area contributed by atoms with Crippen LogP contribution in [0.15, 0.2) is 23.1 Å². The van der Waals surface area contributed by atoms with Crippen LogP contribution < -0.4 is 5.56 Å². The van der Waals surface area contributed by atoms with E-state index in [9.17, 15) is 22.8 Å². The molecule has 0 aliphatic rings. The molecule has 7 heteroatoms. The number of halogens is 3. The highest BCUT2D eigenvalue weighted by Gasteiger charge is 2.33. The van der Waals surface area contributed by atoms with E-state index in [2.05, 4.69) is 4.98 Å². The summed E-state index contributed by atoms with van der Waals surface area (Å²) in [6.07, 6.45) is -3.33. The van der Waals surface area contributed by atoms with Crippen molar-refractivity contribution < 1.29 is 18.0 Å². The van der Waals surface area contributed by atoms with Gasteiger partial charge in [-0.2, -0.15) is 13.2 Å². The highest BCUT2D eigenvalue weighted by Crippen LogP contribution is 2.18. The van der Waals surface area contributed by atoms with Gasteiger partial charge in [-0.15, -0.1) is 0 Å². The molecule has 1 rings (SSSR count). The van der Waals surface area contributed by atoms with Crippen molar-refractivity contribution in [1.82, 2.24) is 9.88 Å². The highest BCUT2D eigenvalue weighted by molar-refractivity contribution is 5.93. The van der Waals surface area contributed by atoms with E-state index < -0.39 is 24.2 Å². The van der Waals surface area contributed by atoms with Gasteiger partial charge in [-0.3, -0.25) is 9.59 Å². The standard InChI is InChI=1S/C12H15F3N2O2/c1-8(2)6-17(7-12(13,14)15)11(19)9-3-4-10(18)16-5-9/h3-5,8H,6-7H2,1-2H3,(H,16,18). The lowest BCUT2D eigenvalue weighted by Crippen LogP contribution is -2.41. The van der Waals surface area contributed by atoms with Gasteiger partial charge in [-0.1, -0.05) is 13.8 Å². The number of hydrogen-bond donors (Lipinski definition) is 1. The van der Waals surface area contributed by atoms with Crippen molar-refractivity contribution in [3.63, 3.8) is 0 Å². The first-order chi connectivity index (χ1) is 8.69. The third-order valence-electron chi connectivity index (χ3n) is 2.27. The lowest BCUT2D eigenvalue weighted by atomic mass is 10.1. The van der Waals surface area contributed by atoms with Crippen LogP contribution >= 0.6 is 0 Å². The molecule has 0 aliphatic heterocycles. The first kappa shape index (κ1) is 15.3. The molecular formula is C12H15F3N2O2. The number of aromatic nitrogens is 1. The Morgan fingerprint density at radius 2 is 2.00 bits per heavy atom. The summed E-state index contributed by atoms with van der Waals surface area (Å²) in [4.78, 5) is 25.8. The number of amides is 1. The number of aromatic amines is 1. The number of nitrogens with one attached hydrogen (secondary N) is 1. The van der Waals surface area contributed by atoms with Gasteiger partial charge in [0.25, 0.3) is 5.91 Å². The molecule has 1 aromatic heterocycles. The average molecular weight is 276 g/mol. The minimum absolute atomic E-state index is 0.00251. The van der Waals surface area contributed by atoms with Gasteiger partial charge in [-0.05, 0) is 12.0 Å². The van der Waals surface area contributed by atoms with Crippen LogP contribution in [0, 0.1) is 5.92 Å². The van der Waals surface area contributed by atoms with Crippen molar-refractivity contribution in [2.75, 3.05) is 13.1 Å². The maximum absolute atomic E-state index is 12.4. The number of rotatable bonds is 4. The average Bonchev–Trinajstić information content (AvgIpc) is 2.25. The molecule has 1 amide bonds. The number of hydrogen-bond acceptors (Lipinski definition) is 2. The Labute approximate surface area is 108 Å². The highest BCUT2D eigenvalue weighted by atomic mass is 19.4. The van der Waals surface area contributed by atoms with Crippen molar-refractivity contribution in [3.8, 4) is 0 Å². The van der Waals surface area contributed by atoms with Gasteiger partial charge in [0.2, 0.25) is 5.56 Å². The first-order valence-electron chi connectivity index (χ1n) is 5.74. The van der Waals surface area contributed by atoms with Crippen LogP contribution in [0.1, 0.15) is 24.2 Å². The minimum atomic E-state index is -4.45. The molecule has 0 aliphatic carbocycles. The molecule has 0 spiro atoms. The van der Waals surface area contributed by atoms with Crippen LogP contribution in [-0.4, -0.2) is 35.1 Å². The van der Waals surface area contributed by atoms with E-state index in [1.807, 2.05) is 0 Å². The van der Waals surface area contributed by atoms with Gasteiger partial charge < -0.3 is 9.88 Å². The number of alkyl halides is 3. The predicted octanol–water partition coefficient (Wildman–Crippen LogP) is 2.04. The van der Waals surface area contributed by atoms with E-state index in [1.54, 1.807) is 13.8 Å². The second-order valence-corrected chi connectivity index (χ2v) is 4.64. The number of carbonyl (C=O) groups is 1. The minimum Gasteiger partial charge on any atom is -0.329 e. The van der Waals surface area contributed by atoms with Crippen LogP contribution in [0.25, 0.3) is 0 Å². The fraction of sp³-hybridized carbons (Fsp3) is 0.500. The topological polar surface area (TPSA) is 53.2 Å². The van der Waals surface area contributed by atoms with Gasteiger partial charge >= 0.3 is 6.18 Å². The lowest BCUT2D eigenvalue weighted by molar-refractivity contribution is -0.141. The zero-order valence-corrected chi connectivity index (χ0v) is 10.6. The summed E-state index contributed by atoms with van der Waals surface area (Å²) in [5, 5.41) is 0. The second-order valence-electron chi connectivity index (χ2n) is 4.64. The van der Waals surface area contributed by atoms with Crippen molar-refractivity contribution in [3.05, 3.63) is 34.2 Å².